The topological polar surface area (TPSA) is 215 Å². The molecule has 0 aliphatic heterocycles. The molecule has 0 aromatic heterocycles. The van der Waals surface area contributed by atoms with Gasteiger partial charge in [-0.05, 0) is 43.4 Å². The Kier molecular flexibility index (Phi) is 13.1. The Labute approximate surface area is 235 Å². The Hall–Kier alpha value is -3.46. The van der Waals surface area contributed by atoms with Gasteiger partial charge in [0.15, 0.2) is 5.96 Å². The third-order valence-electron chi connectivity index (χ3n) is 6.60. The zero-order chi connectivity index (χ0) is 29.6. The van der Waals surface area contributed by atoms with Crippen molar-refractivity contribution in [3.05, 3.63) is 66.2 Å². The van der Waals surface area contributed by atoms with E-state index in [2.05, 4.69) is 16.0 Å². The molecule has 14 heteroatoms. The maximum atomic E-state index is 13.2. The van der Waals surface area contributed by atoms with Gasteiger partial charge in [-0.1, -0.05) is 67.8 Å². The standard InChI is InChI=1S/C20H32BN5O4.C6H6O3S/c22-19(23)24-13-7-10-16(21(29)30)26-18(28)20(11-5-2-6-12-20)17(27)25-14-15-8-3-1-4-9-15;7-10(8,9)6-4-2-1-3-5-6/h1,3-4,8-9,16,29-30H,2,5-7,10-14H2,(H,25,27)(H,26,28)(H4,22,23,24);1-5H,(H,7,8,9). The second-order valence-corrected chi connectivity index (χ2v) is 11.0. The summed E-state index contributed by atoms with van der Waals surface area (Å²) in [6.07, 6.45) is 4.09. The number of carbonyl (C=O) groups excluding carboxylic acids is 2. The Morgan fingerprint density at radius 3 is 2.02 bits per heavy atom. The summed E-state index contributed by atoms with van der Waals surface area (Å²) in [5.74, 6) is -1.87. The first-order valence-corrected chi connectivity index (χ1v) is 14.5. The predicted molar refractivity (Wildman–Crippen MR) is 151 cm³/mol. The summed E-state index contributed by atoms with van der Waals surface area (Å²) in [6, 6.07) is 16.9. The van der Waals surface area contributed by atoms with Crippen LogP contribution in [0.25, 0.3) is 0 Å². The van der Waals surface area contributed by atoms with Crippen molar-refractivity contribution in [3.8, 4) is 0 Å². The van der Waals surface area contributed by atoms with Crippen molar-refractivity contribution in [2.24, 2.45) is 11.1 Å². The van der Waals surface area contributed by atoms with Gasteiger partial charge in [0, 0.05) is 13.1 Å². The number of carbonyl (C=O) groups is 2. The number of rotatable bonds is 11. The van der Waals surface area contributed by atoms with E-state index in [0.29, 0.717) is 32.4 Å². The molecule has 0 spiro atoms. The lowest BCUT2D eigenvalue weighted by Gasteiger charge is -2.35. The fraction of sp³-hybridized carbons (Fsp3) is 0.423. The molecule has 1 fully saturated rings. The third kappa shape index (κ3) is 10.6. The molecule has 2 amide bonds. The molecule has 3 rings (SSSR count). The Bertz CT molecular complexity index is 1190. The minimum absolute atomic E-state index is 0.0741. The Balaban J connectivity index is 0.000000469. The SMILES string of the molecule is N=C(N)NCCCC(NC(=O)C1(C(=O)NCc2ccccc2)CCCCC1)B(O)O.O=S(=O)(O)c1ccccc1. The van der Waals surface area contributed by atoms with Crippen molar-refractivity contribution in [1.29, 1.82) is 5.41 Å². The molecule has 1 atom stereocenters. The van der Waals surface area contributed by atoms with Gasteiger partial charge in [-0.25, -0.2) is 0 Å². The van der Waals surface area contributed by atoms with Crippen molar-refractivity contribution in [1.82, 2.24) is 16.0 Å². The molecule has 1 saturated carbocycles. The number of amides is 2. The maximum Gasteiger partial charge on any atom is 0.475 e. The van der Waals surface area contributed by atoms with Gasteiger partial charge in [0.25, 0.3) is 10.1 Å². The van der Waals surface area contributed by atoms with Crippen LogP contribution in [0.4, 0.5) is 0 Å². The van der Waals surface area contributed by atoms with Crippen LogP contribution < -0.4 is 21.7 Å². The molecule has 1 aliphatic carbocycles. The lowest BCUT2D eigenvalue weighted by Crippen LogP contribution is -2.57. The lowest BCUT2D eigenvalue weighted by atomic mass is 9.70. The smallest absolute Gasteiger partial charge is 0.426 e. The highest BCUT2D eigenvalue weighted by Crippen LogP contribution is 2.37. The van der Waals surface area contributed by atoms with Crippen molar-refractivity contribution >= 4 is 35.0 Å². The molecule has 0 bridgehead atoms. The molecule has 2 aromatic carbocycles. The first kappa shape index (κ1) is 32.8. The average Bonchev–Trinajstić information content (AvgIpc) is 2.94. The van der Waals surface area contributed by atoms with E-state index in [1.807, 2.05) is 30.3 Å². The van der Waals surface area contributed by atoms with Crippen LogP contribution in [0.5, 0.6) is 0 Å². The second-order valence-electron chi connectivity index (χ2n) is 9.58. The molecule has 0 radical (unpaired) electrons. The van der Waals surface area contributed by atoms with Gasteiger partial charge in [-0.15, -0.1) is 0 Å². The number of hydrogen-bond donors (Lipinski definition) is 8. The van der Waals surface area contributed by atoms with Crippen LogP contribution >= 0.6 is 0 Å². The van der Waals surface area contributed by atoms with Crippen LogP contribution in [0, 0.1) is 10.8 Å². The summed E-state index contributed by atoms with van der Waals surface area (Å²) >= 11 is 0. The van der Waals surface area contributed by atoms with Crippen LogP contribution in [0.15, 0.2) is 65.6 Å². The number of nitrogens with one attached hydrogen (secondary N) is 4. The van der Waals surface area contributed by atoms with E-state index in [1.165, 1.54) is 12.1 Å². The van der Waals surface area contributed by atoms with Gasteiger partial charge in [0.2, 0.25) is 11.8 Å². The Morgan fingerprint density at radius 1 is 0.950 bits per heavy atom. The summed E-state index contributed by atoms with van der Waals surface area (Å²) in [4.78, 5) is 26.2. The molecule has 2 aromatic rings. The van der Waals surface area contributed by atoms with Crippen LogP contribution in [0.3, 0.4) is 0 Å². The van der Waals surface area contributed by atoms with Crippen LogP contribution in [0.1, 0.15) is 50.5 Å². The summed E-state index contributed by atoms with van der Waals surface area (Å²) in [5.41, 5.74) is 4.96. The number of nitrogens with two attached hydrogens (primary N) is 1. The van der Waals surface area contributed by atoms with E-state index >= 15 is 0 Å². The Morgan fingerprint density at radius 2 is 1.52 bits per heavy atom. The van der Waals surface area contributed by atoms with E-state index in [0.717, 1.165) is 24.8 Å². The van der Waals surface area contributed by atoms with Crippen molar-refractivity contribution in [3.63, 3.8) is 0 Å². The van der Waals surface area contributed by atoms with E-state index in [1.54, 1.807) is 18.2 Å². The molecule has 0 heterocycles. The summed E-state index contributed by atoms with van der Waals surface area (Å²) in [6.45, 7) is 0.703. The molecule has 1 unspecified atom stereocenters. The van der Waals surface area contributed by atoms with Crippen molar-refractivity contribution in [2.45, 2.75) is 62.3 Å². The van der Waals surface area contributed by atoms with Crippen molar-refractivity contribution in [2.75, 3.05) is 6.54 Å². The molecule has 1 aliphatic rings. The minimum Gasteiger partial charge on any atom is -0.426 e. The van der Waals surface area contributed by atoms with Gasteiger partial charge < -0.3 is 31.7 Å². The first-order chi connectivity index (χ1) is 19.0. The lowest BCUT2D eigenvalue weighted by molar-refractivity contribution is -0.146. The monoisotopic (exact) mass is 575 g/mol. The largest absolute Gasteiger partial charge is 0.475 e. The number of hydrogen-bond acceptors (Lipinski definition) is 7. The fourth-order valence-corrected chi connectivity index (χ4v) is 4.90. The predicted octanol–water partition coefficient (Wildman–Crippen LogP) is 0.947. The van der Waals surface area contributed by atoms with Gasteiger partial charge >= 0.3 is 7.12 Å². The number of guanidine groups is 1. The van der Waals surface area contributed by atoms with Crippen molar-refractivity contribution < 1.29 is 32.6 Å². The molecular weight excluding hydrogens is 537 g/mol. The molecule has 40 heavy (non-hydrogen) atoms. The van der Waals surface area contributed by atoms with Gasteiger partial charge in [0.05, 0.1) is 10.8 Å². The minimum atomic E-state index is -4.00. The van der Waals surface area contributed by atoms with E-state index in [-0.39, 0.29) is 23.2 Å². The molecular formula is C26H38BN5O7S. The average molecular weight is 575 g/mol. The quantitative estimate of drug-likeness (QED) is 0.0477. The van der Waals surface area contributed by atoms with Crippen LogP contribution in [0.2, 0.25) is 0 Å². The first-order valence-electron chi connectivity index (χ1n) is 13.1. The highest BCUT2D eigenvalue weighted by Gasteiger charge is 2.47. The van der Waals surface area contributed by atoms with Crippen LogP contribution in [-0.2, 0) is 26.3 Å². The van der Waals surface area contributed by atoms with E-state index < -0.39 is 34.5 Å². The zero-order valence-electron chi connectivity index (χ0n) is 22.3. The second kappa shape index (κ2) is 16.0. The van der Waals surface area contributed by atoms with Gasteiger partial charge in [0.1, 0.15) is 5.41 Å². The number of benzene rings is 2. The fourth-order valence-electron chi connectivity index (χ4n) is 4.40. The summed E-state index contributed by atoms with van der Waals surface area (Å²) in [7, 11) is -5.75. The molecule has 0 saturated heterocycles. The third-order valence-corrected chi connectivity index (χ3v) is 7.46. The zero-order valence-corrected chi connectivity index (χ0v) is 23.1. The molecule has 12 nitrogen and oxygen atoms in total. The maximum absolute atomic E-state index is 13.2. The van der Waals surface area contributed by atoms with Gasteiger partial charge in [-0.3, -0.25) is 19.6 Å². The molecule has 218 valence electrons. The van der Waals surface area contributed by atoms with E-state index in [9.17, 15) is 28.1 Å². The highest BCUT2D eigenvalue weighted by molar-refractivity contribution is 7.85. The summed E-state index contributed by atoms with van der Waals surface area (Å²) in [5, 5.41) is 34.7. The molecule has 9 N–H and O–H groups in total. The normalized spacial score (nSPS) is 15.0. The van der Waals surface area contributed by atoms with E-state index in [4.69, 9.17) is 15.7 Å². The highest BCUT2D eigenvalue weighted by atomic mass is 32.2. The summed E-state index contributed by atoms with van der Waals surface area (Å²) < 4.78 is 29.2. The van der Waals surface area contributed by atoms with Gasteiger partial charge in [-0.2, -0.15) is 8.42 Å². The van der Waals surface area contributed by atoms with Crippen LogP contribution in [-0.4, -0.2) is 60.4 Å².